The lowest BCUT2D eigenvalue weighted by Crippen LogP contribution is -2.49. The highest BCUT2D eigenvalue weighted by Crippen LogP contribution is 2.63. The number of halogens is 1. The van der Waals surface area contributed by atoms with Gasteiger partial charge >= 0.3 is 0 Å². The van der Waals surface area contributed by atoms with E-state index in [4.69, 9.17) is 11.6 Å². The first kappa shape index (κ1) is 23.6. The van der Waals surface area contributed by atoms with Crippen LogP contribution in [-0.2, 0) is 22.7 Å². The molecular formula is C27H31ClN6O2. The van der Waals surface area contributed by atoms with Gasteiger partial charge < -0.3 is 5.32 Å². The number of carbonyl (C=O) groups is 2. The number of nitrogens with zero attached hydrogens (tertiary/aromatic N) is 5. The number of carbonyl (C=O) groups excluding carboxylic acids is 2. The minimum atomic E-state index is -0.211. The van der Waals surface area contributed by atoms with Gasteiger partial charge in [0, 0.05) is 49.0 Å². The minimum absolute atomic E-state index is 0.0607. The zero-order chi connectivity index (χ0) is 25.4. The maximum Gasteiger partial charge on any atom is 0.233 e. The maximum atomic E-state index is 12.9. The second-order valence-corrected chi connectivity index (χ2v) is 11.5. The molecule has 8 nitrogen and oxygen atoms in total. The van der Waals surface area contributed by atoms with Crippen molar-refractivity contribution in [3.63, 3.8) is 0 Å². The monoisotopic (exact) mass is 506 g/mol. The summed E-state index contributed by atoms with van der Waals surface area (Å²) >= 11 is 6.53. The van der Waals surface area contributed by atoms with Crippen molar-refractivity contribution in [3.05, 3.63) is 52.4 Å². The summed E-state index contributed by atoms with van der Waals surface area (Å²) in [6.45, 7) is 12.3. The summed E-state index contributed by atoms with van der Waals surface area (Å²) in [4.78, 5) is 34.3. The molecule has 1 saturated carbocycles. The van der Waals surface area contributed by atoms with E-state index in [1.807, 2.05) is 38.2 Å². The third kappa shape index (κ3) is 3.66. The predicted octanol–water partition coefficient (Wildman–Crippen LogP) is 3.29. The molecular weight excluding hydrogens is 476 g/mol. The Bertz CT molecular complexity index is 1370. The van der Waals surface area contributed by atoms with E-state index in [-0.39, 0.29) is 35.6 Å². The van der Waals surface area contributed by atoms with E-state index in [0.717, 1.165) is 54.1 Å². The van der Waals surface area contributed by atoms with Crippen molar-refractivity contribution in [2.45, 2.75) is 46.8 Å². The number of aromatic nitrogens is 3. The molecule has 4 heterocycles. The number of nitrogens with one attached hydrogen (secondary N) is 1. The number of rotatable bonds is 5. The van der Waals surface area contributed by atoms with Crippen LogP contribution in [0, 0.1) is 24.2 Å². The van der Waals surface area contributed by atoms with Gasteiger partial charge in [0.2, 0.25) is 11.8 Å². The number of piperazine rings is 1. The highest BCUT2D eigenvalue weighted by molar-refractivity contribution is 6.31. The lowest BCUT2D eigenvalue weighted by atomic mass is 9.97. The summed E-state index contributed by atoms with van der Waals surface area (Å²) in [5.41, 5.74) is 5.58. The van der Waals surface area contributed by atoms with Crippen molar-refractivity contribution in [1.29, 1.82) is 0 Å². The number of aryl methyl sites for hydroxylation is 1. The molecule has 1 aromatic carbocycles. The first-order valence-corrected chi connectivity index (χ1v) is 13.0. The van der Waals surface area contributed by atoms with Crippen LogP contribution in [0.15, 0.2) is 30.7 Å². The molecule has 3 fully saturated rings. The van der Waals surface area contributed by atoms with E-state index in [1.165, 1.54) is 10.5 Å². The number of imide groups is 1. The van der Waals surface area contributed by atoms with Crippen LogP contribution in [-0.4, -0.2) is 61.9 Å². The molecule has 188 valence electrons. The molecule has 2 aliphatic heterocycles. The second kappa shape index (κ2) is 8.36. The SMILES string of the molecule is Cc1cc(Cl)cc(-c2ncnn3cc(CN4C(=O)C5C(C4=O)C5(C)C)cc23)c1CN1CCNC[C@@H]1C. The van der Waals surface area contributed by atoms with Gasteiger partial charge in [-0.15, -0.1) is 0 Å². The standard InChI is InChI=1S/C27H31ClN6O2/c1-15-7-18(28)9-19(20(15)13-32-6-5-29-10-16(32)2)24-21-8-17(12-34(21)31-14-30-24)11-33-25(35)22-23(26(33)36)27(22,3)4/h7-9,12,14,16,22-23,29H,5-6,10-11,13H2,1-4H3/t16-,22?,23?/m0/s1. The van der Waals surface area contributed by atoms with Crippen molar-refractivity contribution in [1.82, 2.24) is 29.7 Å². The van der Waals surface area contributed by atoms with E-state index in [0.29, 0.717) is 11.1 Å². The van der Waals surface area contributed by atoms with Crippen molar-refractivity contribution in [2.75, 3.05) is 19.6 Å². The lowest BCUT2D eigenvalue weighted by Gasteiger charge is -2.34. The van der Waals surface area contributed by atoms with Gasteiger partial charge in [0.1, 0.15) is 6.33 Å². The third-order valence-electron chi connectivity index (χ3n) is 8.39. The smallest absolute Gasteiger partial charge is 0.233 e. The molecule has 6 rings (SSSR count). The van der Waals surface area contributed by atoms with Gasteiger partial charge in [-0.05, 0) is 54.2 Å². The molecule has 0 spiro atoms. The molecule has 3 aromatic rings. The normalized spacial score (nSPS) is 25.6. The Morgan fingerprint density at radius 3 is 2.61 bits per heavy atom. The van der Waals surface area contributed by atoms with Gasteiger partial charge in [-0.3, -0.25) is 19.4 Å². The summed E-state index contributed by atoms with van der Waals surface area (Å²) in [6.07, 6.45) is 3.43. The summed E-state index contributed by atoms with van der Waals surface area (Å²) in [5.74, 6) is -0.479. The van der Waals surface area contributed by atoms with Gasteiger partial charge in [0.25, 0.3) is 0 Å². The van der Waals surface area contributed by atoms with Crippen molar-refractivity contribution in [3.8, 4) is 11.3 Å². The zero-order valence-electron chi connectivity index (χ0n) is 21.1. The Morgan fingerprint density at radius 1 is 1.14 bits per heavy atom. The van der Waals surface area contributed by atoms with Gasteiger partial charge in [-0.2, -0.15) is 5.10 Å². The summed E-state index contributed by atoms with van der Waals surface area (Å²) in [6, 6.07) is 6.40. The molecule has 3 aliphatic rings. The number of benzene rings is 1. The predicted molar refractivity (Wildman–Crippen MR) is 137 cm³/mol. The molecule has 3 atom stereocenters. The van der Waals surface area contributed by atoms with E-state index in [2.05, 4.69) is 34.1 Å². The van der Waals surface area contributed by atoms with Crippen LogP contribution in [0.4, 0.5) is 0 Å². The Morgan fingerprint density at radius 2 is 1.89 bits per heavy atom. The van der Waals surface area contributed by atoms with Crippen LogP contribution in [0.2, 0.25) is 5.02 Å². The Balaban J connectivity index is 1.36. The second-order valence-electron chi connectivity index (χ2n) is 11.1. The fraction of sp³-hybridized carbons (Fsp3) is 0.481. The van der Waals surface area contributed by atoms with Crippen LogP contribution in [0.1, 0.15) is 37.5 Å². The van der Waals surface area contributed by atoms with Crippen LogP contribution in [0.5, 0.6) is 0 Å². The largest absolute Gasteiger partial charge is 0.314 e. The van der Waals surface area contributed by atoms with Crippen molar-refractivity contribution < 1.29 is 9.59 Å². The van der Waals surface area contributed by atoms with Gasteiger partial charge in [0.05, 0.1) is 29.6 Å². The molecule has 36 heavy (non-hydrogen) atoms. The first-order valence-electron chi connectivity index (χ1n) is 12.6. The number of likely N-dealkylation sites (tertiary alicyclic amines) is 1. The van der Waals surface area contributed by atoms with E-state index >= 15 is 0 Å². The molecule has 0 bridgehead atoms. The molecule has 2 unspecified atom stereocenters. The van der Waals surface area contributed by atoms with Crippen LogP contribution >= 0.6 is 11.6 Å². The average molecular weight is 507 g/mol. The fourth-order valence-corrected chi connectivity index (χ4v) is 6.41. The maximum absolute atomic E-state index is 12.9. The first-order chi connectivity index (χ1) is 17.2. The molecule has 0 radical (unpaired) electrons. The minimum Gasteiger partial charge on any atom is -0.314 e. The Hall–Kier alpha value is -2.81. The zero-order valence-corrected chi connectivity index (χ0v) is 21.8. The molecule has 1 N–H and O–H groups in total. The van der Waals surface area contributed by atoms with Crippen molar-refractivity contribution >= 4 is 28.9 Å². The van der Waals surface area contributed by atoms with E-state index in [9.17, 15) is 9.59 Å². The topological polar surface area (TPSA) is 82.8 Å². The highest BCUT2D eigenvalue weighted by atomic mass is 35.5. The third-order valence-corrected chi connectivity index (χ3v) is 8.61. The fourth-order valence-electron chi connectivity index (χ4n) is 6.13. The average Bonchev–Trinajstić information content (AvgIpc) is 3.08. The molecule has 2 aromatic heterocycles. The Kier molecular flexibility index (Phi) is 5.48. The van der Waals surface area contributed by atoms with Gasteiger partial charge in [-0.25, -0.2) is 9.50 Å². The number of amides is 2. The summed E-state index contributed by atoms with van der Waals surface area (Å²) in [5, 5.41) is 8.53. The van der Waals surface area contributed by atoms with Crippen LogP contribution in [0.25, 0.3) is 16.8 Å². The summed E-state index contributed by atoms with van der Waals surface area (Å²) < 4.78 is 1.78. The number of hydrogen-bond acceptors (Lipinski definition) is 6. The van der Waals surface area contributed by atoms with Gasteiger partial charge in [-0.1, -0.05) is 25.4 Å². The molecule has 2 amide bonds. The number of piperidine rings is 1. The van der Waals surface area contributed by atoms with Crippen LogP contribution < -0.4 is 5.32 Å². The number of hydrogen-bond donors (Lipinski definition) is 1. The quantitative estimate of drug-likeness (QED) is 0.535. The number of fused-ring (bicyclic) bond motifs is 2. The van der Waals surface area contributed by atoms with E-state index < -0.39 is 0 Å². The van der Waals surface area contributed by atoms with Gasteiger partial charge in [0.15, 0.2) is 0 Å². The molecule has 2 saturated heterocycles. The lowest BCUT2D eigenvalue weighted by molar-refractivity contribution is -0.143. The van der Waals surface area contributed by atoms with E-state index in [1.54, 1.807) is 10.8 Å². The summed E-state index contributed by atoms with van der Waals surface area (Å²) in [7, 11) is 0. The molecule has 9 heteroatoms. The van der Waals surface area contributed by atoms with Crippen LogP contribution in [0.3, 0.4) is 0 Å². The molecule has 1 aliphatic carbocycles. The highest BCUT2D eigenvalue weighted by Gasteiger charge is 2.72. The Labute approximate surface area is 215 Å². The van der Waals surface area contributed by atoms with Crippen molar-refractivity contribution in [2.24, 2.45) is 17.3 Å².